The molecule has 0 fully saturated rings. The zero-order chi connectivity index (χ0) is 15.9. The molecule has 0 atom stereocenters. The predicted octanol–water partition coefficient (Wildman–Crippen LogP) is 4.07. The van der Waals surface area contributed by atoms with Crippen LogP contribution >= 0.6 is 0 Å². The van der Waals surface area contributed by atoms with Gasteiger partial charge >= 0.3 is 12.1 Å². The highest BCUT2D eigenvalue weighted by molar-refractivity contribution is 5.79. The van der Waals surface area contributed by atoms with Gasteiger partial charge in [0.2, 0.25) is 0 Å². The Kier molecular flexibility index (Phi) is 6.27. The Morgan fingerprint density at radius 1 is 1.38 bits per heavy atom. The van der Waals surface area contributed by atoms with Gasteiger partial charge in [0, 0.05) is 6.08 Å². The van der Waals surface area contributed by atoms with Gasteiger partial charge in [-0.1, -0.05) is 25.5 Å². The third-order valence-corrected chi connectivity index (χ3v) is 2.75. The van der Waals surface area contributed by atoms with E-state index in [-0.39, 0.29) is 12.2 Å². The van der Waals surface area contributed by atoms with Gasteiger partial charge in [-0.25, -0.2) is 4.79 Å². The summed E-state index contributed by atoms with van der Waals surface area (Å²) < 4.78 is 43.5. The molecule has 0 saturated carbocycles. The Morgan fingerprint density at radius 2 is 2.10 bits per heavy atom. The van der Waals surface area contributed by atoms with E-state index >= 15 is 0 Å². The van der Waals surface area contributed by atoms with Crippen LogP contribution in [0.25, 0.3) is 0 Å². The van der Waals surface area contributed by atoms with E-state index in [2.05, 4.69) is 0 Å². The van der Waals surface area contributed by atoms with Gasteiger partial charge in [-0.05, 0) is 30.5 Å². The number of allylic oxidation sites excluding steroid dienone is 1. The summed E-state index contributed by atoms with van der Waals surface area (Å²) in [6, 6.07) is 3.24. The fourth-order valence-electron chi connectivity index (χ4n) is 1.65. The van der Waals surface area contributed by atoms with Crippen molar-refractivity contribution in [1.82, 2.24) is 0 Å². The maximum Gasteiger partial charge on any atom is 0.416 e. The molecule has 0 amide bonds. The second-order valence-corrected chi connectivity index (χ2v) is 4.47. The van der Waals surface area contributed by atoms with Crippen molar-refractivity contribution in [3.05, 3.63) is 41.5 Å². The van der Waals surface area contributed by atoms with Crippen molar-refractivity contribution in [2.75, 3.05) is 6.61 Å². The summed E-state index contributed by atoms with van der Waals surface area (Å²) in [4.78, 5) is 10.4. The van der Waals surface area contributed by atoms with Crippen LogP contribution < -0.4 is 4.74 Å². The van der Waals surface area contributed by atoms with Crippen LogP contribution in [0.5, 0.6) is 5.75 Å². The molecule has 0 aliphatic heterocycles. The first-order valence-electron chi connectivity index (χ1n) is 6.57. The third kappa shape index (κ3) is 5.89. The molecule has 0 heterocycles. The first-order valence-corrected chi connectivity index (χ1v) is 6.57. The standard InChI is InChI=1S/C15H17F3O3/c1-2-3-9-21-13-10-12(15(16,17)18)8-7-11(13)5-4-6-14(19)20/h4,6-8,10H,2-3,5,9H2,1H3,(H,19,20). The first kappa shape index (κ1) is 17.1. The molecule has 0 saturated heterocycles. The molecule has 0 bridgehead atoms. The molecule has 0 aliphatic rings. The van der Waals surface area contributed by atoms with Gasteiger partial charge in [0.25, 0.3) is 0 Å². The fourth-order valence-corrected chi connectivity index (χ4v) is 1.65. The molecule has 116 valence electrons. The lowest BCUT2D eigenvalue weighted by Crippen LogP contribution is -2.07. The van der Waals surface area contributed by atoms with Crippen molar-refractivity contribution >= 4 is 5.97 Å². The van der Waals surface area contributed by atoms with Crippen LogP contribution in [-0.2, 0) is 17.4 Å². The van der Waals surface area contributed by atoms with E-state index in [9.17, 15) is 18.0 Å². The van der Waals surface area contributed by atoms with E-state index in [1.807, 2.05) is 6.92 Å². The third-order valence-electron chi connectivity index (χ3n) is 2.75. The Morgan fingerprint density at radius 3 is 2.67 bits per heavy atom. The second kappa shape index (κ2) is 7.71. The molecule has 1 N–H and O–H groups in total. The molecule has 0 aliphatic carbocycles. The highest BCUT2D eigenvalue weighted by Crippen LogP contribution is 2.33. The molecule has 1 aromatic carbocycles. The van der Waals surface area contributed by atoms with Gasteiger partial charge in [0.05, 0.1) is 12.2 Å². The number of ether oxygens (including phenoxy) is 1. The Labute approximate surface area is 121 Å². The van der Waals surface area contributed by atoms with Crippen molar-refractivity contribution < 1.29 is 27.8 Å². The van der Waals surface area contributed by atoms with Gasteiger partial charge in [-0.15, -0.1) is 0 Å². The fraction of sp³-hybridized carbons (Fsp3) is 0.400. The summed E-state index contributed by atoms with van der Waals surface area (Å²) in [5.74, 6) is -0.955. The minimum atomic E-state index is -4.43. The van der Waals surface area contributed by atoms with Gasteiger partial charge in [-0.3, -0.25) is 0 Å². The van der Waals surface area contributed by atoms with Crippen molar-refractivity contribution in [2.45, 2.75) is 32.4 Å². The minimum absolute atomic E-state index is 0.147. The molecule has 3 nitrogen and oxygen atoms in total. The molecular formula is C15H17F3O3. The van der Waals surface area contributed by atoms with Crippen molar-refractivity contribution in [1.29, 1.82) is 0 Å². The lowest BCUT2D eigenvalue weighted by Gasteiger charge is -2.13. The molecule has 0 spiro atoms. The molecule has 21 heavy (non-hydrogen) atoms. The zero-order valence-corrected chi connectivity index (χ0v) is 11.6. The molecule has 0 aromatic heterocycles. The van der Waals surface area contributed by atoms with Gasteiger partial charge in [-0.2, -0.15) is 13.2 Å². The average molecular weight is 302 g/mol. The number of unbranched alkanes of at least 4 members (excludes halogenated alkanes) is 1. The van der Waals surface area contributed by atoms with Gasteiger partial charge in [0.15, 0.2) is 0 Å². The Balaban J connectivity index is 2.96. The number of hydrogen-bond acceptors (Lipinski definition) is 2. The topological polar surface area (TPSA) is 46.5 Å². The number of carboxylic acids is 1. The van der Waals surface area contributed by atoms with E-state index in [1.165, 1.54) is 12.1 Å². The van der Waals surface area contributed by atoms with Crippen LogP contribution in [0.3, 0.4) is 0 Å². The number of rotatable bonds is 7. The van der Waals surface area contributed by atoms with Crippen LogP contribution in [0.15, 0.2) is 30.4 Å². The average Bonchev–Trinajstić information content (AvgIpc) is 2.38. The molecule has 1 aromatic rings. The van der Waals surface area contributed by atoms with E-state index in [0.29, 0.717) is 12.2 Å². The summed E-state index contributed by atoms with van der Waals surface area (Å²) >= 11 is 0. The number of carboxylic acid groups (broad SMARTS) is 1. The minimum Gasteiger partial charge on any atom is -0.493 e. The number of aliphatic carboxylic acids is 1. The Hall–Kier alpha value is -1.98. The summed E-state index contributed by atoms with van der Waals surface area (Å²) in [5, 5.41) is 8.52. The van der Waals surface area contributed by atoms with Crippen molar-refractivity contribution in [2.24, 2.45) is 0 Å². The highest BCUT2D eigenvalue weighted by atomic mass is 19.4. The van der Waals surface area contributed by atoms with E-state index in [0.717, 1.165) is 31.1 Å². The van der Waals surface area contributed by atoms with Crippen LogP contribution in [0, 0.1) is 0 Å². The number of alkyl halides is 3. The first-order chi connectivity index (χ1) is 9.84. The van der Waals surface area contributed by atoms with Crippen molar-refractivity contribution in [3.63, 3.8) is 0 Å². The molecule has 6 heteroatoms. The number of halogens is 3. The Bertz CT molecular complexity index is 507. The molecule has 0 unspecified atom stereocenters. The van der Waals surface area contributed by atoms with Gasteiger partial charge in [0.1, 0.15) is 5.75 Å². The zero-order valence-electron chi connectivity index (χ0n) is 11.6. The smallest absolute Gasteiger partial charge is 0.416 e. The highest BCUT2D eigenvalue weighted by Gasteiger charge is 2.31. The number of benzene rings is 1. The summed E-state index contributed by atoms with van der Waals surface area (Å²) in [6.07, 6.45) is -0.302. The van der Waals surface area contributed by atoms with Gasteiger partial charge < -0.3 is 9.84 Å². The summed E-state index contributed by atoms with van der Waals surface area (Å²) in [6.45, 7) is 2.28. The van der Waals surface area contributed by atoms with E-state index < -0.39 is 17.7 Å². The molecule has 1 rings (SSSR count). The van der Waals surface area contributed by atoms with E-state index in [1.54, 1.807) is 0 Å². The van der Waals surface area contributed by atoms with E-state index in [4.69, 9.17) is 9.84 Å². The quantitative estimate of drug-likeness (QED) is 0.610. The number of hydrogen-bond donors (Lipinski definition) is 1. The van der Waals surface area contributed by atoms with Crippen LogP contribution in [0.1, 0.15) is 30.9 Å². The van der Waals surface area contributed by atoms with Crippen LogP contribution in [0.2, 0.25) is 0 Å². The molecular weight excluding hydrogens is 285 g/mol. The van der Waals surface area contributed by atoms with Crippen LogP contribution in [-0.4, -0.2) is 17.7 Å². The lowest BCUT2D eigenvalue weighted by molar-refractivity contribution is -0.137. The second-order valence-electron chi connectivity index (χ2n) is 4.47. The lowest BCUT2D eigenvalue weighted by atomic mass is 10.1. The predicted molar refractivity (Wildman–Crippen MR) is 72.3 cm³/mol. The monoisotopic (exact) mass is 302 g/mol. The summed E-state index contributed by atoms with van der Waals surface area (Å²) in [7, 11) is 0. The normalized spacial score (nSPS) is 11.8. The summed E-state index contributed by atoms with van der Waals surface area (Å²) in [5.41, 5.74) is -0.253. The largest absolute Gasteiger partial charge is 0.493 e. The maximum absolute atomic E-state index is 12.7. The maximum atomic E-state index is 12.7. The number of carbonyl (C=O) groups is 1. The molecule has 0 radical (unpaired) electrons. The van der Waals surface area contributed by atoms with Crippen LogP contribution in [0.4, 0.5) is 13.2 Å². The van der Waals surface area contributed by atoms with Crippen molar-refractivity contribution in [3.8, 4) is 5.75 Å². The SMILES string of the molecule is CCCCOc1cc(C(F)(F)F)ccc1CC=CC(=O)O.